The molecule has 1 aromatic rings. The third-order valence-corrected chi connectivity index (χ3v) is 7.11. The third-order valence-electron chi connectivity index (χ3n) is 7.11. The summed E-state index contributed by atoms with van der Waals surface area (Å²) in [6.45, 7) is 6.52. The molecule has 3 aliphatic heterocycles. The normalized spacial score (nSPS) is 26.0. The number of morpholine rings is 1. The second-order valence-electron chi connectivity index (χ2n) is 8.91. The molecule has 1 saturated carbocycles. The van der Waals surface area contributed by atoms with Gasteiger partial charge in [-0.05, 0) is 48.9 Å². The molecule has 6 heteroatoms. The molecule has 29 heavy (non-hydrogen) atoms. The van der Waals surface area contributed by atoms with Crippen LogP contribution in [-0.4, -0.2) is 85.4 Å². The summed E-state index contributed by atoms with van der Waals surface area (Å²) < 4.78 is 11.7. The van der Waals surface area contributed by atoms with Crippen molar-refractivity contribution in [3.05, 3.63) is 29.3 Å². The van der Waals surface area contributed by atoms with Gasteiger partial charge in [0.2, 0.25) is 0 Å². The Kier molecular flexibility index (Phi) is 5.64. The van der Waals surface area contributed by atoms with Crippen LogP contribution in [0.3, 0.4) is 0 Å². The molecule has 3 fully saturated rings. The number of carbonyl (C=O) groups excluding carboxylic acids is 1. The van der Waals surface area contributed by atoms with Gasteiger partial charge in [-0.1, -0.05) is 12.5 Å². The Bertz CT molecular complexity index is 730. The minimum absolute atomic E-state index is 0.0929. The highest BCUT2D eigenvalue weighted by Crippen LogP contribution is 2.29. The number of nitrogens with zero attached hydrogens (tertiary/aromatic N) is 3. The molecule has 1 unspecified atom stereocenters. The molecule has 2 amide bonds. The fourth-order valence-corrected chi connectivity index (χ4v) is 5.05. The van der Waals surface area contributed by atoms with E-state index in [1.807, 2.05) is 9.80 Å². The third kappa shape index (κ3) is 4.24. The highest BCUT2D eigenvalue weighted by molar-refractivity contribution is 5.75. The minimum atomic E-state index is 0.0929. The van der Waals surface area contributed by atoms with E-state index in [9.17, 15) is 4.79 Å². The number of fused-ring (bicyclic) bond motifs is 1. The zero-order valence-corrected chi connectivity index (χ0v) is 17.4. The second kappa shape index (κ2) is 8.52. The summed E-state index contributed by atoms with van der Waals surface area (Å²) in [5.41, 5.74) is 2.93. The summed E-state index contributed by atoms with van der Waals surface area (Å²) >= 11 is 0. The molecule has 6 nitrogen and oxygen atoms in total. The fraction of sp³-hybridized carbons (Fsp3) is 0.696. The summed E-state index contributed by atoms with van der Waals surface area (Å²) in [4.78, 5) is 19.2. The van der Waals surface area contributed by atoms with E-state index < -0.39 is 0 Å². The van der Waals surface area contributed by atoms with Crippen LogP contribution < -0.4 is 4.74 Å². The van der Waals surface area contributed by atoms with Crippen molar-refractivity contribution in [1.82, 2.24) is 14.7 Å². The lowest BCUT2D eigenvalue weighted by atomic mass is 9.91. The Hall–Kier alpha value is -1.79. The van der Waals surface area contributed by atoms with E-state index in [0.29, 0.717) is 32.8 Å². The first-order chi connectivity index (χ1) is 14.3. The maximum atomic E-state index is 12.7. The van der Waals surface area contributed by atoms with Gasteiger partial charge in [0.1, 0.15) is 11.9 Å². The number of ether oxygens (including phenoxy) is 2. The molecule has 1 aromatic carbocycles. The molecule has 3 heterocycles. The van der Waals surface area contributed by atoms with Crippen LogP contribution in [0.1, 0.15) is 36.8 Å². The Balaban J connectivity index is 1.17. The van der Waals surface area contributed by atoms with Gasteiger partial charge in [-0.25, -0.2) is 4.79 Å². The second-order valence-corrected chi connectivity index (χ2v) is 8.91. The average Bonchev–Trinajstić information content (AvgIpc) is 3.08. The van der Waals surface area contributed by atoms with Gasteiger partial charge in [-0.3, -0.25) is 4.90 Å². The van der Waals surface area contributed by atoms with Crippen molar-refractivity contribution in [2.45, 2.75) is 50.7 Å². The summed E-state index contributed by atoms with van der Waals surface area (Å²) in [7, 11) is 0. The van der Waals surface area contributed by atoms with E-state index in [2.05, 4.69) is 23.1 Å². The largest absolute Gasteiger partial charge is 0.489 e. The van der Waals surface area contributed by atoms with Crippen molar-refractivity contribution in [1.29, 1.82) is 0 Å². The quantitative estimate of drug-likeness (QED) is 0.784. The maximum absolute atomic E-state index is 12.7. The first kappa shape index (κ1) is 19.2. The molecule has 5 rings (SSSR count). The van der Waals surface area contributed by atoms with Gasteiger partial charge in [0, 0.05) is 45.2 Å². The van der Waals surface area contributed by atoms with E-state index in [1.54, 1.807) is 0 Å². The van der Waals surface area contributed by atoms with Gasteiger partial charge in [0.15, 0.2) is 0 Å². The molecule has 2 saturated heterocycles. The molecule has 0 spiro atoms. The van der Waals surface area contributed by atoms with Crippen LogP contribution in [0.5, 0.6) is 5.75 Å². The van der Waals surface area contributed by atoms with Crippen LogP contribution in [0, 0.1) is 0 Å². The molecule has 0 aromatic heterocycles. The van der Waals surface area contributed by atoms with Gasteiger partial charge in [0.25, 0.3) is 0 Å². The van der Waals surface area contributed by atoms with Gasteiger partial charge in [0.05, 0.1) is 19.8 Å². The lowest BCUT2D eigenvalue weighted by molar-refractivity contribution is 0.0443. The highest BCUT2D eigenvalue weighted by Gasteiger charge is 2.31. The lowest BCUT2D eigenvalue weighted by Crippen LogP contribution is -2.47. The van der Waals surface area contributed by atoms with Crippen LogP contribution in [0.4, 0.5) is 4.79 Å². The summed E-state index contributed by atoms with van der Waals surface area (Å²) in [6.07, 6.45) is 7.43. The van der Waals surface area contributed by atoms with E-state index in [0.717, 1.165) is 37.6 Å². The SMILES string of the molecule is O=C(N1CCOCC1)N1CCC(Oc2ccc3c(c2)CCN(C2CCC2)CC3)C1. The maximum Gasteiger partial charge on any atom is 0.320 e. The van der Waals surface area contributed by atoms with Crippen LogP contribution in [-0.2, 0) is 17.6 Å². The van der Waals surface area contributed by atoms with E-state index >= 15 is 0 Å². The number of benzene rings is 1. The van der Waals surface area contributed by atoms with Crippen molar-refractivity contribution in [3.8, 4) is 5.75 Å². The standard InChI is InChI=1S/C23H33N3O3/c27-23(25-12-14-28-15-13-25)26-11-8-22(17-26)29-21-5-4-18-6-9-24(20-2-1-3-20)10-7-19(18)16-21/h4-5,16,20,22H,1-3,6-15,17H2. The predicted molar refractivity (Wildman–Crippen MR) is 111 cm³/mol. The van der Waals surface area contributed by atoms with Gasteiger partial charge in [-0.15, -0.1) is 0 Å². The monoisotopic (exact) mass is 399 g/mol. The number of likely N-dealkylation sites (tertiary alicyclic amines) is 1. The molecule has 158 valence electrons. The van der Waals surface area contributed by atoms with E-state index in [-0.39, 0.29) is 12.1 Å². The molecular formula is C23H33N3O3. The molecule has 1 atom stereocenters. The molecule has 0 bridgehead atoms. The topological polar surface area (TPSA) is 45.3 Å². The van der Waals surface area contributed by atoms with Crippen molar-refractivity contribution in [2.24, 2.45) is 0 Å². The highest BCUT2D eigenvalue weighted by atomic mass is 16.5. The first-order valence-electron chi connectivity index (χ1n) is 11.4. The fourth-order valence-electron chi connectivity index (χ4n) is 5.05. The average molecular weight is 400 g/mol. The molecular weight excluding hydrogens is 366 g/mol. The van der Waals surface area contributed by atoms with Crippen LogP contribution in [0.2, 0.25) is 0 Å². The predicted octanol–water partition coefficient (Wildman–Crippen LogP) is 2.54. The Morgan fingerprint density at radius 3 is 2.48 bits per heavy atom. The van der Waals surface area contributed by atoms with Crippen molar-refractivity contribution >= 4 is 6.03 Å². The van der Waals surface area contributed by atoms with Crippen molar-refractivity contribution < 1.29 is 14.3 Å². The van der Waals surface area contributed by atoms with Crippen molar-refractivity contribution in [2.75, 3.05) is 52.5 Å². The van der Waals surface area contributed by atoms with Gasteiger partial charge < -0.3 is 19.3 Å². The number of urea groups is 1. The zero-order chi connectivity index (χ0) is 19.6. The molecule has 0 N–H and O–H groups in total. The van der Waals surface area contributed by atoms with E-state index in [1.165, 1.54) is 43.5 Å². The Labute approximate surface area is 173 Å². The summed E-state index contributed by atoms with van der Waals surface area (Å²) in [5.74, 6) is 0.964. The molecule has 0 radical (unpaired) electrons. The molecule has 4 aliphatic rings. The Morgan fingerprint density at radius 2 is 1.72 bits per heavy atom. The van der Waals surface area contributed by atoms with Crippen LogP contribution in [0.15, 0.2) is 18.2 Å². The summed E-state index contributed by atoms with van der Waals surface area (Å²) in [5, 5.41) is 0. The first-order valence-corrected chi connectivity index (χ1v) is 11.4. The van der Waals surface area contributed by atoms with Crippen LogP contribution >= 0.6 is 0 Å². The zero-order valence-electron chi connectivity index (χ0n) is 17.4. The van der Waals surface area contributed by atoms with Crippen LogP contribution in [0.25, 0.3) is 0 Å². The smallest absolute Gasteiger partial charge is 0.320 e. The van der Waals surface area contributed by atoms with Crippen molar-refractivity contribution in [3.63, 3.8) is 0 Å². The Morgan fingerprint density at radius 1 is 0.931 bits per heavy atom. The number of rotatable bonds is 3. The minimum Gasteiger partial charge on any atom is -0.489 e. The van der Waals surface area contributed by atoms with E-state index in [4.69, 9.17) is 9.47 Å². The summed E-state index contributed by atoms with van der Waals surface area (Å²) in [6, 6.07) is 7.61. The lowest BCUT2D eigenvalue weighted by Gasteiger charge is -2.36. The number of hydrogen-bond acceptors (Lipinski definition) is 4. The van der Waals surface area contributed by atoms with Gasteiger partial charge >= 0.3 is 6.03 Å². The van der Waals surface area contributed by atoms with Gasteiger partial charge in [-0.2, -0.15) is 0 Å². The number of hydrogen-bond donors (Lipinski definition) is 0. The number of amides is 2. The number of carbonyl (C=O) groups is 1. The molecule has 1 aliphatic carbocycles.